The first kappa shape index (κ1) is 17.1. The first-order valence-electron chi connectivity index (χ1n) is 7.55. The van der Waals surface area contributed by atoms with Crippen LogP contribution in [0.1, 0.15) is 28.5 Å². The van der Waals surface area contributed by atoms with Gasteiger partial charge < -0.3 is 15.2 Å². The molecule has 2 rings (SSSR count). The molecule has 0 saturated carbocycles. The Morgan fingerprint density at radius 2 is 2.26 bits per heavy atom. The van der Waals surface area contributed by atoms with Crippen LogP contribution in [0.4, 0.5) is 0 Å². The average molecular weight is 333 g/mol. The molecule has 0 aliphatic heterocycles. The lowest BCUT2D eigenvalue weighted by molar-refractivity contribution is 0.758. The Kier molecular flexibility index (Phi) is 6.28. The topological polar surface area (TPSA) is 80.0 Å². The summed E-state index contributed by atoms with van der Waals surface area (Å²) in [5, 5.41) is 15.7. The molecule has 0 aliphatic rings. The minimum absolute atomic E-state index is 0.460. The second-order valence-electron chi connectivity index (χ2n) is 4.98. The summed E-state index contributed by atoms with van der Waals surface area (Å²) in [6.07, 6.45) is 4.74. The first-order valence-corrected chi connectivity index (χ1v) is 8.37. The maximum Gasteiger partial charge on any atom is 0.192 e. The summed E-state index contributed by atoms with van der Waals surface area (Å²) < 4.78 is 1.93. The number of aryl methyl sites for hydroxylation is 2. The molecule has 23 heavy (non-hydrogen) atoms. The number of hydrogen-bond donors (Lipinski definition) is 2. The van der Waals surface area contributed by atoms with Crippen LogP contribution in [0, 0.1) is 6.92 Å². The summed E-state index contributed by atoms with van der Waals surface area (Å²) in [5.74, 6) is 2.40. The van der Waals surface area contributed by atoms with Gasteiger partial charge in [0.25, 0.3) is 0 Å². The maximum atomic E-state index is 4.55. The Morgan fingerprint density at radius 3 is 2.87 bits per heavy atom. The van der Waals surface area contributed by atoms with Crippen LogP contribution in [-0.2, 0) is 26.6 Å². The van der Waals surface area contributed by atoms with Gasteiger partial charge in [-0.1, -0.05) is 13.0 Å². The molecule has 2 aromatic heterocycles. The first-order chi connectivity index (χ1) is 11.1. The van der Waals surface area contributed by atoms with Gasteiger partial charge in [0.2, 0.25) is 0 Å². The van der Waals surface area contributed by atoms with Crippen molar-refractivity contribution in [3.63, 3.8) is 0 Å². The van der Waals surface area contributed by atoms with E-state index >= 15 is 0 Å². The van der Waals surface area contributed by atoms with E-state index in [9.17, 15) is 0 Å². The quantitative estimate of drug-likeness (QED) is 0.457. The zero-order chi connectivity index (χ0) is 16.7. The van der Waals surface area contributed by atoms with Gasteiger partial charge in [0.05, 0.1) is 6.54 Å². The second kappa shape index (κ2) is 8.42. The molecule has 7 nitrogen and oxygen atoms in total. The molecule has 0 spiro atoms. The molecule has 0 aromatic carbocycles. The third-order valence-electron chi connectivity index (χ3n) is 3.33. The zero-order valence-corrected chi connectivity index (χ0v) is 14.7. The Morgan fingerprint density at radius 1 is 1.43 bits per heavy atom. The molecule has 0 unspecified atom stereocenters. The molecule has 0 amide bonds. The lowest BCUT2D eigenvalue weighted by Gasteiger charge is -2.10. The molecule has 0 radical (unpaired) electrons. The normalized spacial score (nSPS) is 11.5. The van der Waals surface area contributed by atoms with E-state index in [0.29, 0.717) is 25.6 Å². The summed E-state index contributed by atoms with van der Waals surface area (Å²) in [4.78, 5) is 10.2. The number of hydrogen-bond acceptors (Lipinski definition) is 5. The monoisotopic (exact) mass is 333 g/mol. The van der Waals surface area contributed by atoms with E-state index in [0.717, 1.165) is 23.1 Å². The second-order valence-corrected chi connectivity index (χ2v) is 6.18. The van der Waals surface area contributed by atoms with E-state index in [-0.39, 0.29) is 0 Å². The van der Waals surface area contributed by atoms with Crippen molar-refractivity contribution in [1.29, 1.82) is 0 Å². The molecule has 2 N–H and O–H groups in total. The van der Waals surface area contributed by atoms with Gasteiger partial charge in [-0.2, -0.15) is 0 Å². The SMILES string of the molecule is C=CCNC(=NCc1nnc(C)n1C)NCc1ncc(CC)s1. The van der Waals surface area contributed by atoms with Gasteiger partial charge >= 0.3 is 0 Å². The number of aliphatic imine (C=N–C) groups is 1. The standard InChI is InChI=1S/C15H23N7S/c1-5-7-16-15(18-9-13-21-20-11(3)22(13)4)19-10-14-17-8-12(6-2)23-14/h5,8H,1,6-7,9-10H2,2-4H3,(H2,16,18,19). The summed E-state index contributed by atoms with van der Waals surface area (Å²) in [7, 11) is 1.94. The minimum Gasteiger partial charge on any atom is -0.353 e. The summed E-state index contributed by atoms with van der Waals surface area (Å²) in [6, 6.07) is 0. The van der Waals surface area contributed by atoms with Crippen LogP contribution in [-0.4, -0.2) is 32.3 Å². The third kappa shape index (κ3) is 4.88. The fourth-order valence-corrected chi connectivity index (χ4v) is 2.64. The molecule has 0 fully saturated rings. The third-order valence-corrected chi connectivity index (χ3v) is 4.47. The smallest absolute Gasteiger partial charge is 0.192 e. The Hall–Kier alpha value is -2.22. The van der Waals surface area contributed by atoms with Crippen molar-refractivity contribution in [2.45, 2.75) is 33.4 Å². The summed E-state index contributed by atoms with van der Waals surface area (Å²) in [5.41, 5.74) is 0. The van der Waals surface area contributed by atoms with E-state index in [4.69, 9.17) is 0 Å². The van der Waals surface area contributed by atoms with Gasteiger partial charge in [0, 0.05) is 24.7 Å². The number of rotatable bonds is 7. The van der Waals surface area contributed by atoms with E-state index in [1.807, 2.05) is 24.7 Å². The number of thiazole rings is 1. The van der Waals surface area contributed by atoms with Crippen LogP contribution in [0.25, 0.3) is 0 Å². The molecule has 0 saturated heterocycles. The molecule has 0 atom stereocenters. The Balaban J connectivity index is 1.98. The van der Waals surface area contributed by atoms with Crippen molar-refractivity contribution in [2.24, 2.45) is 12.0 Å². The van der Waals surface area contributed by atoms with Crippen LogP contribution >= 0.6 is 11.3 Å². The highest BCUT2D eigenvalue weighted by Crippen LogP contribution is 2.12. The van der Waals surface area contributed by atoms with Crippen LogP contribution < -0.4 is 10.6 Å². The van der Waals surface area contributed by atoms with Crippen molar-refractivity contribution in [1.82, 2.24) is 30.4 Å². The van der Waals surface area contributed by atoms with E-state index < -0.39 is 0 Å². The molecule has 124 valence electrons. The van der Waals surface area contributed by atoms with Crippen molar-refractivity contribution in [3.8, 4) is 0 Å². The summed E-state index contributed by atoms with van der Waals surface area (Å²) in [6.45, 7) is 9.52. The van der Waals surface area contributed by atoms with Crippen LogP contribution in [0.5, 0.6) is 0 Å². The van der Waals surface area contributed by atoms with Crippen molar-refractivity contribution in [2.75, 3.05) is 6.54 Å². The Labute approximate surface area is 140 Å². The predicted molar refractivity (Wildman–Crippen MR) is 93.4 cm³/mol. The average Bonchev–Trinajstić information content (AvgIpc) is 3.15. The van der Waals surface area contributed by atoms with Gasteiger partial charge in [-0.15, -0.1) is 28.1 Å². The van der Waals surface area contributed by atoms with Gasteiger partial charge in [-0.25, -0.2) is 9.98 Å². The number of nitrogens with one attached hydrogen (secondary N) is 2. The largest absolute Gasteiger partial charge is 0.353 e. The number of nitrogens with zero attached hydrogens (tertiary/aromatic N) is 5. The fraction of sp³-hybridized carbons (Fsp3) is 0.467. The summed E-state index contributed by atoms with van der Waals surface area (Å²) >= 11 is 1.72. The lowest BCUT2D eigenvalue weighted by Crippen LogP contribution is -2.37. The number of aromatic nitrogens is 4. The molecule has 2 aromatic rings. The van der Waals surface area contributed by atoms with Gasteiger partial charge in [0.1, 0.15) is 17.4 Å². The lowest BCUT2D eigenvalue weighted by atomic mass is 10.4. The minimum atomic E-state index is 0.460. The van der Waals surface area contributed by atoms with E-state index in [2.05, 4.69) is 44.3 Å². The Bertz CT molecular complexity index is 671. The van der Waals surface area contributed by atoms with E-state index in [1.165, 1.54) is 4.88 Å². The zero-order valence-electron chi connectivity index (χ0n) is 13.8. The fourth-order valence-electron chi connectivity index (χ4n) is 1.83. The van der Waals surface area contributed by atoms with Crippen LogP contribution in [0.2, 0.25) is 0 Å². The number of guanidine groups is 1. The van der Waals surface area contributed by atoms with Gasteiger partial charge in [-0.3, -0.25) is 0 Å². The molecular formula is C15H23N7S. The molecular weight excluding hydrogens is 310 g/mol. The van der Waals surface area contributed by atoms with Crippen LogP contribution in [0.3, 0.4) is 0 Å². The van der Waals surface area contributed by atoms with Crippen LogP contribution in [0.15, 0.2) is 23.8 Å². The van der Waals surface area contributed by atoms with Gasteiger partial charge in [0.15, 0.2) is 11.8 Å². The molecule has 2 heterocycles. The van der Waals surface area contributed by atoms with E-state index in [1.54, 1.807) is 17.4 Å². The van der Waals surface area contributed by atoms with Crippen molar-refractivity contribution in [3.05, 3.63) is 40.4 Å². The predicted octanol–water partition coefficient (Wildman–Crippen LogP) is 1.56. The highest BCUT2D eigenvalue weighted by molar-refractivity contribution is 7.11. The maximum absolute atomic E-state index is 4.55. The molecule has 0 aliphatic carbocycles. The highest BCUT2D eigenvalue weighted by Gasteiger charge is 2.06. The molecule has 8 heteroatoms. The molecule has 0 bridgehead atoms. The van der Waals surface area contributed by atoms with Gasteiger partial charge in [-0.05, 0) is 13.3 Å². The van der Waals surface area contributed by atoms with Crippen molar-refractivity contribution >= 4 is 17.3 Å². The van der Waals surface area contributed by atoms with Crippen molar-refractivity contribution < 1.29 is 0 Å². The highest BCUT2D eigenvalue weighted by atomic mass is 32.1.